The van der Waals surface area contributed by atoms with E-state index in [4.69, 9.17) is 0 Å². The number of carbonyl (C=O) groups excluding carboxylic acids is 2. The van der Waals surface area contributed by atoms with Gasteiger partial charge in [-0.25, -0.2) is 4.79 Å². The molecular formula is C10H13NO4. The molecule has 0 saturated carbocycles. The molecule has 0 aliphatic carbocycles. The van der Waals surface area contributed by atoms with Crippen LogP contribution in [-0.4, -0.2) is 26.2 Å². The van der Waals surface area contributed by atoms with Crippen molar-refractivity contribution < 1.29 is 19.1 Å². The Bertz CT molecular complexity index is 343. The maximum absolute atomic E-state index is 11.4. The summed E-state index contributed by atoms with van der Waals surface area (Å²) >= 11 is 0. The van der Waals surface area contributed by atoms with Gasteiger partial charge in [-0.1, -0.05) is 0 Å². The van der Waals surface area contributed by atoms with E-state index in [1.165, 1.54) is 20.4 Å². The number of hydrogen-bond acceptors (Lipinski definition) is 5. The molecule has 0 saturated heterocycles. The second-order valence-corrected chi connectivity index (χ2v) is 3.09. The average Bonchev–Trinajstić information content (AvgIpc) is 2.26. The molecule has 1 N–H and O–H groups in total. The highest BCUT2D eigenvalue weighted by Gasteiger charge is 2.29. The van der Waals surface area contributed by atoms with Crippen LogP contribution in [0.4, 0.5) is 0 Å². The molecule has 1 rings (SSSR count). The first-order chi connectivity index (χ1) is 7.10. The molecule has 0 bridgehead atoms. The first kappa shape index (κ1) is 11.3. The summed E-state index contributed by atoms with van der Waals surface area (Å²) in [7, 11) is 2.55. The number of ether oxygens (including phenoxy) is 2. The molecule has 1 heterocycles. The highest BCUT2D eigenvalue weighted by molar-refractivity contribution is 5.96. The zero-order valence-electron chi connectivity index (χ0n) is 8.87. The van der Waals surface area contributed by atoms with Gasteiger partial charge in [0.05, 0.1) is 19.8 Å². The van der Waals surface area contributed by atoms with Gasteiger partial charge in [0.1, 0.15) is 5.92 Å². The highest BCUT2D eigenvalue weighted by atomic mass is 16.5. The van der Waals surface area contributed by atoms with Gasteiger partial charge in [-0.05, 0) is 13.0 Å². The summed E-state index contributed by atoms with van der Waals surface area (Å²) in [6, 6.07) is 0. The molecule has 15 heavy (non-hydrogen) atoms. The van der Waals surface area contributed by atoms with Crippen LogP contribution in [-0.2, 0) is 19.1 Å². The minimum absolute atomic E-state index is 0.245. The molecule has 5 heteroatoms. The molecule has 0 fully saturated rings. The van der Waals surface area contributed by atoms with E-state index in [1.54, 1.807) is 13.0 Å². The lowest BCUT2D eigenvalue weighted by Gasteiger charge is -2.19. The molecule has 0 aromatic carbocycles. The van der Waals surface area contributed by atoms with Gasteiger partial charge in [-0.2, -0.15) is 0 Å². The molecule has 1 unspecified atom stereocenters. The minimum atomic E-state index is -0.691. The van der Waals surface area contributed by atoms with Crippen LogP contribution in [0.1, 0.15) is 6.92 Å². The third kappa shape index (κ3) is 2.37. The summed E-state index contributed by atoms with van der Waals surface area (Å²) in [6.45, 7) is 1.79. The Morgan fingerprint density at radius 2 is 2.00 bits per heavy atom. The SMILES string of the molecule is COC(=O)C1=CNC(C)=CC1C(=O)OC. The fraction of sp³-hybridized carbons (Fsp3) is 0.400. The van der Waals surface area contributed by atoms with Crippen LogP contribution in [0.25, 0.3) is 0 Å². The fourth-order valence-electron chi connectivity index (χ4n) is 1.29. The molecule has 1 aliphatic rings. The van der Waals surface area contributed by atoms with Gasteiger partial charge in [-0.15, -0.1) is 0 Å². The van der Waals surface area contributed by atoms with Crippen molar-refractivity contribution in [1.29, 1.82) is 0 Å². The van der Waals surface area contributed by atoms with Crippen molar-refractivity contribution in [3.05, 3.63) is 23.5 Å². The maximum Gasteiger partial charge on any atom is 0.336 e. The predicted octanol–water partition coefficient (Wildman–Crippen LogP) is 0.339. The molecule has 0 amide bonds. The monoisotopic (exact) mass is 211 g/mol. The van der Waals surface area contributed by atoms with Gasteiger partial charge in [0, 0.05) is 11.9 Å². The maximum atomic E-state index is 11.4. The van der Waals surface area contributed by atoms with Crippen molar-refractivity contribution in [1.82, 2.24) is 5.32 Å². The van der Waals surface area contributed by atoms with E-state index in [1.807, 2.05) is 0 Å². The summed E-state index contributed by atoms with van der Waals surface area (Å²) in [5, 5.41) is 2.85. The second kappa shape index (κ2) is 4.63. The minimum Gasteiger partial charge on any atom is -0.468 e. The number of methoxy groups -OCH3 is 2. The summed E-state index contributed by atoms with van der Waals surface area (Å²) in [5.74, 6) is -1.71. The molecule has 0 spiro atoms. The number of hydrogen-bond donors (Lipinski definition) is 1. The third-order valence-corrected chi connectivity index (χ3v) is 2.08. The summed E-state index contributed by atoms with van der Waals surface area (Å²) in [6.07, 6.45) is 3.08. The van der Waals surface area contributed by atoms with Gasteiger partial charge < -0.3 is 14.8 Å². The second-order valence-electron chi connectivity index (χ2n) is 3.09. The van der Waals surface area contributed by atoms with Crippen LogP contribution < -0.4 is 5.32 Å². The van der Waals surface area contributed by atoms with Crippen molar-refractivity contribution in [3.8, 4) is 0 Å². The Morgan fingerprint density at radius 1 is 1.33 bits per heavy atom. The van der Waals surface area contributed by atoms with Crippen molar-refractivity contribution >= 4 is 11.9 Å². The molecule has 5 nitrogen and oxygen atoms in total. The van der Waals surface area contributed by atoms with Crippen LogP contribution in [0.15, 0.2) is 23.5 Å². The van der Waals surface area contributed by atoms with Gasteiger partial charge in [-0.3, -0.25) is 4.79 Å². The zero-order chi connectivity index (χ0) is 11.4. The van der Waals surface area contributed by atoms with E-state index in [-0.39, 0.29) is 5.57 Å². The van der Waals surface area contributed by atoms with Gasteiger partial charge in [0.25, 0.3) is 0 Å². The summed E-state index contributed by atoms with van der Waals surface area (Å²) in [4.78, 5) is 22.7. The Morgan fingerprint density at radius 3 is 2.53 bits per heavy atom. The fourth-order valence-corrected chi connectivity index (χ4v) is 1.29. The number of carbonyl (C=O) groups is 2. The normalized spacial score (nSPS) is 19.5. The van der Waals surface area contributed by atoms with Crippen LogP contribution in [0, 0.1) is 5.92 Å². The Balaban J connectivity index is 2.95. The van der Waals surface area contributed by atoms with Crippen molar-refractivity contribution in [3.63, 3.8) is 0 Å². The number of rotatable bonds is 2. The van der Waals surface area contributed by atoms with Gasteiger partial charge in [0.2, 0.25) is 0 Å². The quantitative estimate of drug-likeness (QED) is 0.667. The zero-order valence-corrected chi connectivity index (χ0v) is 8.87. The van der Waals surface area contributed by atoms with E-state index in [9.17, 15) is 9.59 Å². The number of dihydropyridines is 1. The molecule has 0 aromatic heterocycles. The van der Waals surface area contributed by atoms with Crippen molar-refractivity contribution in [2.24, 2.45) is 5.92 Å². The van der Waals surface area contributed by atoms with E-state index >= 15 is 0 Å². The lowest BCUT2D eigenvalue weighted by atomic mass is 9.96. The molecular weight excluding hydrogens is 198 g/mol. The Hall–Kier alpha value is -1.78. The number of esters is 2. The molecule has 82 valence electrons. The largest absolute Gasteiger partial charge is 0.468 e. The van der Waals surface area contributed by atoms with Crippen molar-refractivity contribution in [2.75, 3.05) is 14.2 Å². The topological polar surface area (TPSA) is 64.6 Å². The van der Waals surface area contributed by atoms with Crippen molar-refractivity contribution in [2.45, 2.75) is 6.92 Å². The summed E-state index contributed by atoms with van der Waals surface area (Å²) in [5.41, 5.74) is 1.04. The lowest BCUT2D eigenvalue weighted by molar-refractivity contribution is -0.146. The number of allylic oxidation sites excluding steroid dienone is 1. The van der Waals surface area contributed by atoms with Crippen LogP contribution in [0.2, 0.25) is 0 Å². The van der Waals surface area contributed by atoms with Gasteiger partial charge in [0.15, 0.2) is 0 Å². The van der Waals surface area contributed by atoms with E-state index in [2.05, 4.69) is 14.8 Å². The first-order valence-electron chi connectivity index (χ1n) is 4.41. The van der Waals surface area contributed by atoms with E-state index in [0.29, 0.717) is 0 Å². The number of nitrogens with one attached hydrogen (secondary N) is 1. The van der Waals surface area contributed by atoms with Crippen LogP contribution in [0.5, 0.6) is 0 Å². The van der Waals surface area contributed by atoms with E-state index < -0.39 is 17.9 Å². The van der Waals surface area contributed by atoms with Gasteiger partial charge >= 0.3 is 11.9 Å². The van der Waals surface area contributed by atoms with Crippen LogP contribution in [0.3, 0.4) is 0 Å². The molecule has 1 atom stereocenters. The first-order valence-corrected chi connectivity index (χ1v) is 4.41. The van der Waals surface area contributed by atoms with Crippen LogP contribution >= 0.6 is 0 Å². The predicted molar refractivity (Wildman–Crippen MR) is 52.5 cm³/mol. The molecule has 0 radical (unpaired) electrons. The summed E-state index contributed by atoms with van der Waals surface area (Å²) < 4.78 is 9.17. The van der Waals surface area contributed by atoms with E-state index in [0.717, 1.165) is 5.70 Å². The Labute approximate surface area is 87.7 Å². The standard InChI is InChI=1S/C10H13NO4/c1-6-4-7(9(12)14-2)8(5-11-6)10(13)15-3/h4-5,7,11H,1-3H3. The Kier molecular flexibility index (Phi) is 3.49. The highest BCUT2D eigenvalue weighted by Crippen LogP contribution is 2.20. The molecule has 1 aliphatic heterocycles. The third-order valence-electron chi connectivity index (χ3n) is 2.08. The molecule has 0 aromatic rings. The average molecular weight is 211 g/mol. The smallest absolute Gasteiger partial charge is 0.336 e. The lowest BCUT2D eigenvalue weighted by Crippen LogP contribution is -2.28.